The molecule has 0 aliphatic carbocycles. The summed E-state index contributed by atoms with van der Waals surface area (Å²) in [4.78, 5) is 0. The molecule has 3 N–H and O–H groups in total. The normalized spacial score (nSPS) is 12.6. The number of hydrogen-bond donors (Lipinski definition) is 2. The number of nitrogens with one attached hydrogen (secondary N) is 1. The molecule has 0 saturated carbocycles. The highest BCUT2D eigenvalue weighted by Gasteiger charge is 2.18. The molecule has 1 atom stereocenters. The first-order valence-electron chi connectivity index (χ1n) is 6.40. The standard InChI is InChI=1S/C14H19FN4/c1-3-6-19-9-11(8-17-19)14(18-16)12-5-4-10(2)7-13(12)15/h4-5,7-9,14,18H,3,6,16H2,1-2H3. The number of benzene rings is 1. The molecular formula is C14H19FN4. The molecule has 0 bridgehead atoms. The molecule has 0 fully saturated rings. The molecule has 0 aliphatic rings. The van der Waals surface area contributed by atoms with E-state index in [1.165, 1.54) is 6.07 Å². The van der Waals surface area contributed by atoms with Crippen LogP contribution < -0.4 is 11.3 Å². The van der Waals surface area contributed by atoms with Crippen LogP contribution in [0.15, 0.2) is 30.6 Å². The third kappa shape index (κ3) is 3.00. The summed E-state index contributed by atoms with van der Waals surface area (Å²) in [6.45, 7) is 4.78. The third-order valence-electron chi connectivity index (χ3n) is 3.07. The second kappa shape index (κ2) is 5.95. The van der Waals surface area contributed by atoms with Gasteiger partial charge >= 0.3 is 0 Å². The first-order chi connectivity index (χ1) is 9.15. The van der Waals surface area contributed by atoms with E-state index in [1.807, 2.05) is 23.9 Å². The van der Waals surface area contributed by atoms with E-state index in [1.54, 1.807) is 12.3 Å². The van der Waals surface area contributed by atoms with Gasteiger partial charge in [0.2, 0.25) is 0 Å². The van der Waals surface area contributed by atoms with Crippen molar-refractivity contribution in [1.29, 1.82) is 0 Å². The summed E-state index contributed by atoms with van der Waals surface area (Å²) in [5, 5.41) is 4.25. The van der Waals surface area contributed by atoms with Crippen molar-refractivity contribution >= 4 is 0 Å². The lowest BCUT2D eigenvalue weighted by Crippen LogP contribution is -2.29. The number of nitrogens with two attached hydrogens (primary N) is 1. The smallest absolute Gasteiger partial charge is 0.128 e. The molecule has 1 aromatic carbocycles. The topological polar surface area (TPSA) is 55.9 Å². The van der Waals surface area contributed by atoms with Gasteiger partial charge in [0, 0.05) is 23.9 Å². The summed E-state index contributed by atoms with van der Waals surface area (Å²) in [6.07, 6.45) is 4.62. The second-order valence-electron chi connectivity index (χ2n) is 4.66. The van der Waals surface area contributed by atoms with Crippen molar-refractivity contribution < 1.29 is 4.39 Å². The summed E-state index contributed by atoms with van der Waals surface area (Å²) in [6, 6.07) is 4.76. The first-order valence-corrected chi connectivity index (χ1v) is 6.40. The third-order valence-corrected chi connectivity index (χ3v) is 3.07. The zero-order valence-electron chi connectivity index (χ0n) is 11.2. The van der Waals surface area contributed by atoms with Gasteiger partial charge in [0.25, 0.3) is 0 Å². The molecule has 1 unspecified atom stereocenters. The van der Waals surface area contributed by atoms with Gasteiger partial charge in [-0.2, -0.15) is 5.10 Å². The largest absolute Gasteiger partial charge is 0.272 e. The van der Waals surface area contributed by atoms with Crippen LogP contribution in [0.2, 0.25) is 0 Å². The van der Waals surface area contributed by atoms with Crippen LogP contribution in [0.5, 0.6) is 0 Å². The molecule has 2 rings (SSSR count). The van der Waals surface area contributed by atoms with E-state index >= 15 is 0 Å². The fraction of sp³-hybridized carbons (Fsp3) is 0.357. The highest BCUT2D eigenvalue weighted by atomic mass is 19.1. The Kier molecular flexibility index (Phi) is 4.29. The van der Waals surface area contributed by atoms with Crippen molar-refractivity contribution in [1.82, 2.24) is 15.2 Å². The first kappa shape index (κ1) is 13.7. The molecule has 1 heterocycles. The van der Waals surface area contributed by atoms with Crippen molar-refractivity contribution in [2.75, 3.05) is 0 Å². The van der Waals surface area contributed by atoms with Crippen molar-refractivity contribution in [2.45, 2.75) is 32.9 Å². The Balaban J connectivity index is 2.32. The van der Waals surface area contributed by atoms with E-state index in [2.05, 4.69) is 17.4 Å². The van der Waals surface area contributed by atoms with E-state index in [9.17, 15) is 4.39 Å². The monoisotopic (exact) mass is 262 g/mol. The molecule has 5 heteroatoms. The van der Waals surface area contributed by atoms with E-state index < -0.39 is 0 Å². The fourth-order valence-corrected chi connectivity index (χ4v) is 2.11. The van der Waals surface area contributed by atoms with Gasteiger partial charge in [-0.1, -0.05) is 19.1 Å². The molecule has 2 aromatic rings. The van der Waals surface area contributed by atoms with Crippen molar-refractivity contribution in [3.8, 4) is 0 Å². The highest BCUT2D eigenvalue weighted by Crippen LogP contribution is 2.24. The van der Waals surface area contributed by atoms with Crippen LogP contribution >= 0.6 is 0 Å². The fourth-order valence-electron chi connectivity index (χ4n) is 2.11. The van der Waals surface area contributed by atoms with E-state index in [0.717, 1.165) is 24.1 Å². The van der Waals surface area contributed by atoms with Crippen LogP contribution in [0, 0.1) is 12.7 Å². The van der Waals surface area contributed by atoms with Crippen molar-refractivity contribution in [3.63, 3.8) is 0 Å². The Morgan fingerprint density at radius 3 is 2.89 bits per heavy atom. The molecule has 0 amide bonds. The Bertz CT molecular complexity index is 550. The molecule has 0 radical (unpaired) electrons. The number of nitrogens with zero attached hydrogens (tertiary/aromatic N) is 2. The number of aromatic nitrogens is 2. The highest BCUT2D eigenvalue weighted by molar-refractivity contribution is 5.32. The average Bonchev–Trinajstić information content (AvgIpc) is 2.82. The maximum Gasteiger partial charge on any atom is 0.128 e. The number of halogens is 1. The van der Waals surface area contributed by atoms with Crippen LogP contribution in [0.1, 0.15) is 36.1 Å². The van der Waals surface area contributed by atoms with Crippen LogP contribution in [0.4, 0.5) is 4.39 Å². The number of aryl methyl sites for hydroxylation is 2. The Morgan fingerprint density at radius 2 is 2.26 bits per heavy atom. The van der Waals surface area contributed by atoms with Crippen molar-refractivity contribution in [3.05, 3.63) is 53.1 Å². The van der Waals surface area contributed by atoms with Gasteiger partial charge in [0.1, 0.15) is 5.82 Å². The van der Waals surface area contributed by atoms with Gasteiger partial charge in [0.05, 0.1) is 12.2 Å². The minimum absolute atomic E-state index is 0.258. The van der Waals surface area contributed by atoms with Crippen LogP contribution in [0.3, 0.4) is 0 Å². The molecule has 4 nitrogen and oxygen atoms in total. The minimum atomic E-state index is -0.383. The lowest BCUT2D eigenvalue weighted by atomic mass is 10.0. The maximum absolute atomic E-state index is 14.0. The zero-order chi connectivity index (χ0) is 13.8. The predicted octanol–water partition coefficient (Wildman–Crippen LogP) is 2.29. The number of hydrogen-bond acceptors (Lipinski definition) is 3. The molecule has 0 aliphatic heterocycles. The molecule has 0 saturated heterocycles. The van der Waals surface area contributed by atoms with Gasteiger partial charge in [-0.15, -0.1) is 0 Å². The summed E-state index contributed by atoms with van der Waals surface area (Å²) in [5.74, 6) is 5.32. The molecule has 102 valence electrons. The van der Waals surface area contributed by atoms with Crippen molar-refractivity contribution in [2.24, 2.45) is 5.84 Å². The number of rotatable bonds is 5. The van der Waals surface area contributed by atoms with E-state index in [0.29, 0.717) is 5.56 Å². The second-order valence-corrected chi connectivity index (χ2v) is 4.66. The van der Waals surface area contributed by atoms with E-state index in [-0.39, 0.29) is 11.9 Å². The molecular weight excluding hydrogens is 243 g/mol. The average molecular weight is 262 g/mol. The van der Waals surface area contributed by atoms with Gasteiger partial charge < -0.3 is 0 Å². The Hall–Kier alpha value is -1.72. The quantitative estimate of drug-likeness (QED) is 0.642. The van der Waals surface area contributed by atoms with E-state index in [4.69, 9.17) is 5.84 Å². The minimum Gasteiger partial charge on any atom is -0.272 e. The summed E-state index contributed by atoms with van der Waals surface area (Å²) in [5.41, 5.74) is 4.94. The lowest BCUT2D eigenvalue weighted by Gasteiger charge is -2.15. The Labute approximate surface area is 112 Å². The summed E-state index contributed by atoms with van der Waals surface area (Å²) >= 11 is 0. The summed E-state index contributed by atoms with van der Waals surface area (Å²) < 4.78 is 15.8. The van der Waals surface area contributed by atoms with Gasteiger partial charge in [0.15, 0.2) is 0 Å². The van der Waals surface area contributed by atoms with Crippen LogP contribution in [-0.4, -0.2) is 9.78 Å². The Morgan fingerprint density at radius 1 is 1.47 bits per heavy atom. The molecule has 0 spiro atoms. The van der Waals surface area contributed by atoms with Gasteiger partial charge in [-0.3, -0.25) is 10.5 Å². The van der Waals surface area contributed by atoms with Crippen LogP contribution in [0.25, 0.3) is 0 Å². The predicted molar refractivity (Wildman–Crippen MR) is 72.8 cm³/mol. The molecule has 1 aromatic heterocycles. The lowest BCUT2D eigenvalue weighted by molar-refractivity contribution is 0.557. The maximum atomic E-state index is 14.0. The number of hydrazine groups is 1. The van der Waals surface area contributed by atoms with Gasteiger partial charge in [-0.05, 0) is 25.0 Å². The van der Waals surface area contributed by atoms with Crippen LogP contribution in [-0.2, 0) is 6.54 Å². The summed E-state index contributed by atoms with van der Waals surface area (Å²) in [7, 11) is 0. The SMILES string of the molecule is CCCn1cc(C(NN)c2ccc(C)cc2F)cn1. The zero-order valence-corrected chi connectivity index (χ0v) is 11.2. The molecule has 19 heavy (non-hydrogen) atoms. The van der Waals surface area contributed by atoms with Gasteiger partial charge in [-0.25, -0.2) is 9.82 Å².